The maximum atomic E-state index is 12.5. The van der Waals surface area contributed by atoms with Gasteiger partial charge in [-0.25, -0.2) is 4.98 Å². The summed E-state index contributed by atoms with van der Waals surface area (Å²) in [5.41, 5.74) is 9.34. The number of aliphatic hydroxyl groups is 2. The number of carbonyl (C=O) groups excluding carboxylic acids is 1. The molecule has 12 nitrogen and oxygen atoms in total. The van der Waals surface area contributed by atoms with Crippen LogP contribution in [-0.4, -0.2) is 79.1 Å². The fourth-order valence-corrected chi connectivity index (χ4v) is 6.12. The zero-order chi connectivity index (χ0) is 30.6. The average Bonchev–Trinajstić information content (AvgIpc) is 3.59. The van der Waals surface area contributed by atoms with Gasteiger partial charge in [-0.15, -0.1) is 12.4 Å². The number of nitrogens with zero attached hydrogens (tertiary/aromatic N) is 4. The number of nitrogens with one attached hydrogen (secondary N) is 3. The fourth-order valence-electron chi connectivity index (χ4n) is 6.12. The topological polar surface area (TPSA) is 172 Å². The summed E-state index contributed by atoms with van der Waals surface area (Å²) in [7, 11) is 0. The molecule has 0 unspecified atom stereocenters. The number of amides is 1. The van der Waals surface area contributed by atoms with Crippen LogP contribution in [0.25, 0.3) is 11.2 Å². The Morgan fingerprint density at radius 2 is 1.64 bits per heavy atom. The maximum absolute atomic E-state index is 12.5. The smallest absolute Gasteiger partial charge is 0.252 e. The second-order valence-corrected chi connectivity index (χ2v) is 11.6. The minimum atomic E-state index is -1.41. The number of nitrogens with two attached hydrogens (primary N) is 1. The van der Waals surface area contributed by atoms with Crippen LogP contribution < -0.4 is 21.7 Å². The predicted molar refractivity (Wildman–Crippen MR) is 174 cm³/mol. The number of benzene rings is 2. The molecule has 4 aromatic rings. The minimum absolute atomic E-state index is 0. The van der Waals surface area contributed by atoms with E-state index in [1.807, 2.05) is 36.4 Å². The number of hydrogen-bond acceptors (Lipinski definition) is 10. The Hall–Kier alpha value is -3.81. The van der Waals surface area contributed by atoms with E-state index in [0.717, 1.165) is 36.8 Å². The van der Waals surface area contributed by atoms with E-state index >= 15 is 0 Å². The van der Waals surface area contributed by atoms with Crippen molar-refractivity contribution < 1.29 is 19.7 Å². The minimum Gasteiger partial charge on any atom is -0.387 e. The van der Waals surface area contributed by atoms with Gasteiger partial charge in [-0.1, -0.05) is 60.7 Å². The molecule has 1 saturated heterocycles. The zero-order valence-corrected chi connectivity index (χ0v) is 25.9. The number of fused-ring (bicyclic) bond motifs is 1. The average molecular weight is 637 g/mol. The number of halogens is 1. The number of likely N-dealkylation sites (N-methyl/N-ethyl adjacent to an activating group) is 1. The molecule has 6 rings (SSSR count). The first-order valence-corrected chi connectivity index (χ1v) is 15.3. The zero-order valence-electron chi connectivity index (χ0n) is 25.1. The van der Waals surface area contributed by atoms with Crippen LogP contribution in [0.3, 0.4) is 0 Å². The summed E-state index contributed by atoms with van der Waals surface area (Å²) in [6.45, 7) is 2.68. The molecule has 2 fully saturated rings. The van der Waals surface area contributed by atoms with Gasteiger partial charge in [0.25, 0.3) is 5.91 Å². The molecule has 2 aromatic carbocycles. The molecule has 0 bridgehead atoms. The number of anilines is 2. The van der Waals surface area contributed by atoms with Crippen LogP contribution >= 0.6 is 12.4 Å². The number of aliphatic hydroxyl groups excluding tert-OH is 2. The third-order valence-electron chi connectivity index (χ3n) is 8.53. The third kappa shape index (κ3) is 7.05. The Balaban J connectivity index is 0.00000400. The van der Waals surface area contributed by atoms with Crippen molar-refractivity contribution in [1.82, 2.24) is 24.8 Å². The van der Waals surface area contributed by atoms with Gasteiger partial charge < -0.3 is 36.6 Å². The summed E-state index contributed by atoms with van der Waals surface area (Å²) in [4.78, 5) is 26.8. The monoisotopic (exact) mass is 636 g/mol. The molecule has 0 radical (unpaired) electrons. The Morgan fingerprint density at radius 3 is 2.27 bits per heavy atom. The Kier molecular flexibility index (Phi) is 10.5. The van der Waals surface area contributed by atoms with Gasteiger partial charge in [0.05, 0.1) is 6.33 Å². The second-order valence-electron chi connectivity index (χ2n) is 11.6. The predicted octanol–water partition coefficient (Wildman–Crippen LogP) is 2.93. The number of ether oxygens (including phenoxy) is 1. The highest BCUT2D eigenvalue weighted by atomic mass is 35.5. The maximum Gasteiger partial charge on any atom is 0.252 e. The van der Waals surface area contributed by atoms with E-state index in [0.29, 0.717) is 36.0 Å². The molecule has 7 N–H and O–H groups in total. The van der Waals surface area contributed by atoms with E-state index < -0.39 is 30.4 Å². The number of imidazole rings is 1. The molecule has 1 amide bonds. The van der Waals surface area contributed by atoms with Gasteiger partial charge in [0.15, 0.2) is 29.3 Å². The van der Waals surface area contributed by atoms with Gasteiger partial charge in [0.2, 0.25) is 5.95 Å². The summed E-state index contributed by atoms with van der Waals surface area (Å²) >= 11 is 0. The lowest BCUT2D eigenvalue weighted by atomic mass is 9.91. The fraction of sp³-hybridized carbons (Fsp3) is 0.438. The first kappa shape index (κ1) is 32.6. The molecule has 45 heavy (non-hydrogen) atoms. The SMILES string of the molecule is CCNC(=O)[C@H]1O[C@@H](n2cnc3c(NCC(c4ccccc4)c4ccccc4)nc(N[C@H]4CC[C@H](N)CC4)nc32)[C@H](O)[C@@H]1O.Cl. The van der Waals surface area contributed by atoms with Crippen molar-refractivity contribution in [1.29, 1.82) is 0 Å². The molecule has 3 heterocycles. The Bertz CT molecular complexity index is 1510. The first-order valence-electron chi connectivity index (χ1n) is 15.3. The summed E-state index contributed by atoms with van der Waals surface area (Å²) in [6, 6.07) is 20.9. The van der Waals surface area contributed by atoms with E-state index in [4.69, 9.17) is 20.4 Å². The molecular formula is C32H41ClN8O4. The quantitative estimate of drug-likeness (QED) is 0.152. The van der Waals surface area contributed by atoms with Gasteiger partial charge >= 0.3 is 0 Å². The van der Waals surface area contributed by atoms with E-state index in [1.165, 1.54) is 6.33 Å². The van der Waals surface area contributed by atoms with Gasteiger partial charge in [-0.3, -0.25) is 9.36 Å². The Labute approximate surface area is 268 Å². The highest BCUT2D eigenvalue weighted by Gasteiger charge is 2.47. The molecule has 1 aliphatic carbocycles. The molecule has 2 aliphatic rings. The highest BCUT2D eigenvalue weighted by Crippen LogP contribution is 2.34. The van der Waals surface area contributed by atoms with Crippen LogP contribution in [0.4, 0.5) is 11.8 Å². The van der Waals surface area contributed by atoms with Crippen molar-refractivity contribution in [3.8, 4) is 0 Å². The standard InChI is InChI=1S/C32H40N8O4.ClH/c1-2-34-30(43)27-25(41)26(42)31(44-27)40-18-36-24-28(38-32(39-29(24)40)37-22-15-13-21(33)14-16-22)35-17-23(19-9-5-3-6-10-19)20-11-7-4-8-12-20;/h3-12,18,21-23,25-27,31,41-42H,2,13-17,33H2,1H3,(H,34,43)(H2,35,37,38,39);1H/t21-,22-,25-,26+,27-,31+;/m0./s1. The van der Waals surface area contributed by atoms with Crippen LogP contribution in [0, 0.1) is 0 Å². The molecule has 1 saturated carbocycles. The number of carbonyl (C=O) groups is 1. The van der Waals surface area contributed by atoms with Crippen LogP contribution in [0.2, 0.25) is 0 Å². The van der Waals surface area contributed by atoms with Crippen LogP contribution in [0.1, 0.15) is 55.9 Å². The molecule has 4 atom stereocenters. The molecule has 0 spiro atoms. The molecule has 1 aliphatic heterocycles. The van der Waals surface area contributed by atoms with Crippen LogP contribution in [0.15, 0.2) is 67.0 Å². The second kappa shape index (κ2) is 14.5. The lowest BCUT2D eigenvalue weighted by Crippen LogP contribution is -2.42. The van der Waals surface area contributed by atoms with Crippen molar-refractivity contribution in [3.63, 3.8) is 0 Å². The number of aromatic nitrogens is 4. The number of rotatable bonds is 10. The molecule has 2 aromatic heterocycles. The van der Waals surface area contributed by atoms with Gasteiger partial charge in [0.1, 0.15) is 12.2 Å². The van der Waals surface area contributed by atoms with Crippen molar-refractivity contribution in [2.45, 2.75) is 75.1 Å². The van der Waals surface area contributed by atoms with Gasteiger partial charge in [-0.2, -0.15) is 9.97 Å². The van der Waals surface area contributed by atoms with Crippen LogP contribution in [-0.2, 0) is 9.53 Å². The third-order valence-corrected chi connectivity index (χ3v) is 8.53. The molecule has 240 valence electrons. The Morgan fingerprint density at radius 1 is 1.00 bits per heavy atom. The number of hydrogen-bond donors (Lipinski definition) is 6. The van der Waals surface area contributed by atoms with Crippen molar-refractivity contribution >= 4 is 41.2 Å². The van der Waals surface area contributed by atoms with Gasteiger partial charge in [0, 0.05) is 31.1 Å². The normalized spacial score (nSPS) is 24.7. The summed E-state index contributed by atoms with van der Waals surface area (Å²) < 4.78 is 7.46. The van der Waals surface area contributed by atoms with E-state index in [1.54, 1.807) is 11.5 Å². The lowest BCUT2D eigenvalue weighted by Gasteiger charge is -2.27. The van der Waals surface area contributed by atoms with E-state index in [9.17, 15) is 15.0 Å². The highest BCUT2D eigenvalue weighted by molar-refractivity contribution is 5.85. The van der Waals surface area contributed by atoms with Crippen molar-refractivity contribution in [2.75, 3.05) is 23.7 Å². The first-order chi connectivity index (χ1) is 21.4. The van der Waals surface area contributed by atoms with Crippen LogP contribution in [0.5, 0.6) is 0 Å². The summed E-state index contributed by atoms with van der Waals surface area (Å²) in [5.74, 6) is 0.475. The molecule has 13 heteroatoms. The lowest BCUT2D eigenvalue weighted by molar-refractivity contribution is -0.137. The van der Waals surface area contributed by atoms with Crippen molar-refractivity contribution in [2.24, 2.45) is 5.73 Å². The largest absolute Gasteiger partial charge is 0.387 e. The van der Waals surface area contributed by atoms with E-state index in [-0.39, 0.29) is 30.4 Å². The summed E-state index contributed by atoms with van der Waals surface area (Å²) in [6.07, 6.45) is 0.0494. The van der Waals surface area contributed by atoms with Crippen molar-refractivity contribution in [3.05, 3.63) is 78.1 Å². The van der Waals surface area contributed by atoms with Gasteiger partial charge in [-0.05, 0) is 43.7 Å². The van der Waals surface area contributed by atoms with E-state index in [2.05, 4.69) is 45.2 Å². The molecular weight excluding hydrogens is 596 g/mol. The summed E-state index contributed by atoms with van der Waals surface area (Å²) in [5, 5.41) is 31.3.